The smallest absolute Gasteiger partial charge is 0.245 e. The van der Waals surface area contributed by atoms with Crippen molar-refractivity contribution >= 4 is 65.0 Å². The Morgan fingerprint density at radius 1 is 0.685 bits per heavy atom. The maximum atomic E-state index is 14.2. The Kier molecular flexibility index (Phi) is 27.2. The van der Waals surface area contributed by atoms with Crippen LogP contribution >= 0.6 is 0 Å². The molecule has 2 aliphatic rings. The van der Waals surface area contributed by atoms with Crippen molar-refractivity contribution in [3.05, 3.63) is 0 Å². The van der Waals surface area contributed by atoms with E-state index >= 15 is 0 Å². The summed E-state index contributed by atoms with van der Waals surface area (Å²) >= 11 is 0. The summed E-state index contributed by atoms with van der Waals surface area (Å²) in [5.74, 6) is -7.43. The van der Waals surface area contributed by atoms with Crippen molar-refractivity contribution in [2.45, 2.75) is 194 Å². The average Bonchev–Trinajstić information content (AvgIpc) is 4.01. The molecule has 24 nitrogen and oxygen atoms in total. The molecule has 0 aromatic heterocycles. The van der Waals surface area contributed by atoms with Gasteiger partial charge >= 0.3 is 0 Å². The molecular formula is C49H87N13O11. The third-order valence-electron chi connectivity index (χ3n) is 13.1. The molecule has 2 fully saturated rings. The van der Waals surface area contributed by atoms with Gasteiger partial charge in [-0.25, -0.2) is 0 Å². The van der Waals surface area contributed by atoms with Crippen LogP contribution in [0.1, 0.15) is 140 Å². The number of nitrogens with one attached hydrogen (secondary N) is 9. The monoisotopic (exact) mass is 1030 g/mol. The summed E-state index contributed by atoms with van der Waals surface area (Å²) in [4.78, 5) is 140. The zero-order valence-corrected chi connectivity index (χ0v) is 44.7. The van der Waals surface area contributed by atoms with Gasteiger partial charge in [0.25, 0.3) is 0 Å². The minimum absolute atomic E-state index is 0.0899. The number of nitrogens with zero attached hydrogens (tertiary/aromatic N) is 2. The Labute approximate surface area is 430 Å². The van der Waals surface area contributed by atoms with Crippen LogP contribution in [0.5, 0.6) is 0 Å². The van der Waals surface area contributed by atoms with Crippen molar-refractivity contribution in [1.29, 1.82) is 0 Å². The molecule has 14 N–H and O–H groups in total. The molecule has 1 saturated heterocycles. The molecule has 0 spiro atoms. The molecule has 1 heterocycles. The third kappa shape index (κ3) is 21.1. The molecule has 0 radical (unpaired) electrons. The summed E-state index contributed by atoms with van der Waals surface area (Å²) < 4.78 is 0. The second-order valence-electron chi connectivity index (χ2n) is 20.1. The highest BCUT2D eigenvalue weighted by Crippen LogP contribution is 2.26. The topological polar surface area (TPSA) is 367 Å². The summed E-state index contributed by atoms with van der Waals surface area (Å²) in [6.07, 6.45) is 2.58. The molecule has 414 valence electrons. The van der Waals surface area contributed by atoms with Crippen LogP contribution in [0.2, 0.25) is 0 Å². The van der Waals surface area contributed by atoms with E-state index in [1.165, 1.54) is 18.7 Å². The second-order valence-corrected chi connectivity index (χ2v) is 20.1. The standard InChI is InChI=1S/C49H87N13O11/c1-11-16-33(42(67)60-39(28(8)12-2)46(71)57-34(17-14-21-53-49(50)51)48(73)62-22-15-18-36(62)44(69)52-13-3)56-47(72)40(29(9)63)61-43(68)35(23-26(4)5)58-45(70)38(27(6)7)59-37(65)25-54-41(66)31-19-20-32(24-31)55-30(10)64/h26-29,31-36,38-40,63H,11-25H2,1-10H3,(H,52,69)(H,54,66)(H,55,64)(H,56,72)(H,57,71)(H,58,70)(H,59,65)(H,60,67)(H,61,68)(H4,50,51,53)/t28-,29+,31-,32+,33-,34-,35+,36-,38-,39-,40-/m0/s1. The summed E-state index contributed by atoms with van der Waals surface area (Å²) in [6, 6.07) is -8.38. The number of aliphatic imine (C=N–C) groups is 1. The van der Waals surface area contributed by atoms with Gasteiger partial charge in [0.15, 0.2) is 5.96 Å². The van der Waals surface area contributed by atoms with Gasteiger partial charge in [0, 0.05) is 38.5 Å². The molecule has 0 aromatic carbocycles. The van der Waals surface area contributed by atoms with Crippen LogP contribution < -0.4 is 59.3 Å². The molecule has 1 aliphatic carbocycles. The predicted octanol–water partition coefficient (Wildman–Crippen LogP) is -1.57. The lowest BCUT2D eigenvalue weighted by Crippen LogP contribution is -2.62. The highest BCUT2D eigenvalue weighted by molar-refractivity contribution is 5.98. The van der Waals surface area contributed by atoms with Crippen molar-refractivity contribution in [2.75, 3.05) is 26.2 Å². The molecule has 1 saturated carbocycles. The van der Waals surface area contributed by atoms with Crippen molar-refractivity contribution in [3.63, 3.8) is 0 Å². The lowest BCUT2D eigenvalue weighted by molar-refractivity contribution is -0.142. The maximum Gasteiger partial charge on any atom is 0.245 e. The fourth-order valence-electron chi connectivity index (χ4n) is 8.93. The Hall–Kier alpha value is -6.07. The largest absolute Gasteiger partial charge is 0.391 e. The zero-order valence-electron chi connectivity index (χ0n) is 44.7. The van der Waals surface area contributed by atoms with Gasteiger partial charge in [-0.2, -0.15) is 0 Å². The number of nitrogens with two attached hydrogens (primary N) is 2. The van der Waals surface area contributed by atoms with Crippen LogP contribution in [0, 0.1) is 23.7 Å². The summed E-state index contributed by atoms with van der Waals surface area (Å²) in [5, 5.41) is 35.1. The fourth-order valence-corrected chi connectivity index (χ4v) is 8.93. The van der Waals surface area contributed by atoms with E-state index in [2.05, 4.69) is 52.8 Å². The average molecular weight is 1030 g/mol. The highest BCUT2D eigenvalue weighted by Gasteiger charge is 2.40. The van der Waals surface area contributed by atoms with Gasteiger partial charge in [-0.15, -0.1) is 0 Å². The van der Waals surface area contributed by atoms with Gasteiger partial charge in [0.05, 0.1) is 12.6 Å². The zero-order chi connectivity index (χ0) is 55.1. The first-order chi connectivity index (χ1) is 34.3. The minimum Gasteiger partial charge on any atom is -0.391 e. The number of rotatable bonds is 30. The summed E-state index contributed by atoms with van der Waals surface area (Å²) in [6.45, 7) is 17.2. The summed E-state index contributed by atoms with van der Waals surface area (Å²) in [5.41, 5.74) is 11.0. The van der Waals surface area contributed by atoms with Crippen molar-refractivity contribution < 1.29 is 53.1 Å². The quantitative estimate of drug-likeness (QED) is 0.0220. The molecule has 11 atom stereocenters. The molecule has 0 bridgehead atoms. The van der Waals surface area contributed by atoms with E-state index < -0.39 is 108 Å². The molecule has 2 rings (SSSR count). The number of amides is 10. The van der Waals surface area contributed by atoms with Gasteiger partial charge in [-0.05, 0) is 89.4 Å². The van der Waals surface area contributed by atoms with Crippen LogP contribution in [-0.2, 0) is 47.9 Å². The Morgan fingerprint density at radius 2 is 1.29 bits per heavy atom. The number of aliphatic hydroxyl groups is 1. The SMILES string of the molecule is CCC[C@H](NC(=O)[C@@H](NC(=O)[C@@H](CC(C)C)NC(=O)[C@@H](NC(=O)CNC(=O)[C@H]1CC[C@@H](NC(C)=O)C1)C(C)C)[C@@H](C)O)C(=O)N[C@H](C(=O)N[C@@H](CCCN=C(N)N)C(=O)N1CCC[C@H]1C(=O)NCC)[C@@H](C)CC. The van der Waals surface area contributed by atoms with E-state index in [0.29, 0.717) is 64.5 Å². The molecule has 1 aliphatic heterocycles. The maximum absolute atomic E-state index is 14.2. The van der Waals surface area contributed by atoms with Gasteiger partial charge < -0.3 is 69.3 Å². The van der Waals surface area contributed by atoms with Crippen LogP contribution in [0.25, 0.3) is 0 Å². The molecular weight excluding hydrogens is 947 g/mol. The Bertz CT molecular complexity index is 1930. The van der Waals surface area contributed by atoms with Gasteiger partial charge in [0.2, 0.25) is 59.1 Å². The predicted molar refractivity (Wildman–Crippen MR) is 273 cm³/mol. The number of aliphatic hydroxyl groups excluding tert-OH is 1. The van der Waals surface area contributed by atoms with Gasteiger partial charge in [-0.3, -0.25) is 52.9 Å². The fraction of sp³-hybridized carbons (Fsp3) is 0.776. The first-order valence-electron chi connectivity index (χ1n) is 26.0. The van der Waals surface area contributed by atoms with E-state index in [0.717, 1.165) is 0 Å². The number of hydrogen-bond acceptors (Lipinski definition) is 12. The van der Waals surface area contributed by atoms with Gasteiger partial charge in [0.1, 0.15) is 42.3 Å². The number of carbonyl (C=O) groups excluding carboxylic acids is 10. The van der Waals surface area contributed by atoms with E-state index in [9.17, 15) is 53.1 Å². The first kappa shape index (κ1) is 63.0. The molecule has 24 heteroatoms. The van der Waals surface area contributed by atoms with E-state index in [4.69, 9.17) is 11.5 Å². The van der Waals surface area contributed by atoms with Crippen LogP contribution in [-0.4, -0.2) is 156 Å². The van der Waals surface area contributed by atoms with Crippen LogP contribution in [0.15, 0.2) is 4.99 Å². The first-order valence-corrected chi connectivity index (χ1v) is 26.0. The van der Waals surface area contributed by atoms with E-state index in [1.807, 2.05) is 20.8 Å². The number of likely N-dealkylation sites (N-methyl/N-ethyl adjacent to an activating group) is 1. The lowest BCUT2D eigenvalue weighted by atomic mass is 9.96. The normalized spacial score (nSPS) is 19.6. The number of carbonyl (C=O) groups is 10. The van der Waals surface area contributed by atoms with Crippen LogP contribution in [0.3, 0.4) is 0 Å². The second kappa shape index (κ2) is 31.5. The lowest BCUT2D eigenvalue weighted by Gasteiger charge is -2.31. The molecule has 0 aromatic rings. The molecule has 10 amide bonds. The Balaban J connectivity index is 2.24. The van der Waals surface area contributed by atoms with E-state index in [-0.39, 0.29) is 67.4 Å². The minimum atomic E-state index is -1.61. The molecule has 73 heavy (non-hydrogen) atoms. The van der Waals surface area contributed by atoms with Crippen molar-refractivity contribution in [3.8, 4) is 0 Å². The van der Waals surface area contributed by atoms with E-state index in [1.54, 1.807) is 34.6 Å². The van der Waals surface area contributed by atoms with Crippen LogP contribution in [0.4, 0.5) is 0 Å². The molecule has 0 unspecified atom stereocenters. The number of guanidine groups is 1. The Morgan fingerprint density at radius 3 is 1.86 bits per heavy atom. The third-order valence-corrected chi connectivity index (χ3v) is 13.1. The van der Waals surface area contributed by atoms with Gasteiger partial charge in [-0.1, -0.05) is 61.3 Å². The number of hydrogen-bond donors (Lipinski definition) is 12. The van der Waals surface area contributed by atoms with Crippen molar-refractivity contribution in [1.82, 2.24) is 52.8 Å². The van der Waals surface area contributed by atoms with Crippen molar-refractivity contribution in [2.24, 2.45) is 40.1 Å². The number of likely N-dealkylation sites (tertiary alicyclic amines) is 1. The summed E-state index contributed by atoms with van der Waals surface area (Å²) in [7, 11) is 0. The highest BCUT2D eigenvalue weighted by atomic mass is 16.3.